The van der Waals surface area contributed by atoms with Gasteiger partial charge in [0.1, 0.15) is 0 Å². The van der Waals surface area contributed by atoms with E-state index in [-0.39, 0.29) is 16.1 Å². The zero-order chi connectivity index (χ0) is 7.52. The zero-order valence-electron chi connectivity index (χ0n) is 5.73. The Morgan fingerprint density at radius 1 is 1.18 bits per heavy atom. The predicted molar refractivity (Wildman–Crippen MR) is 42.9 cm³/mol. The predicted octanol–water partition coefficient (Wildman–Crippen LogP) is 1.60. The Kier molecular flexibility index (Phi) is 1.97. The van der Waals surface area contributed by atoms with E-state index in [4.69, 9.17) is 8.76 Å². The number of rotatable bonds is 0. The van der Waals surface area contributed by atoms with Crippen LogP contribution < -0.4 is 4.89 Å². The Balaban J connectivity index is 2.45. The van der Waals surface area contributed by atoms with Crippen LogP contribution in [0.25, 0.3) is 6.08 Å². The average Bonchev–Trinajstić information content (AvgIpc) is 2.28. The molecule has 2 nitrogen and oxygen atoms in total. The molecule has 0 unspecified atom stereocenters. The van der Waals surface area contributed by atoms with Crippen molar-refractivity contribution in [2.75, 3.05) is 0 Å². The van der Waals surface area contributed by atoms with Crippen LogP contribution in [0.1, 0.15) is 5.56 Å². The average molecular weight is 209 g/mol. The summed E-state index contributed by atoms with van der Waals surface area (Å²) in [6, 6.07) is 7.81. The molecule has 3 heteroatoms. The van der Waals surface area contributed by atoms with Crippen molar-refractivity contribution in [3.05, 3.63) is 34.7 Å². The molecule has 1 aliphatic heterocycles. The van der Waals surface area contributed by atoms with Crippen LogP contribution in [0.2, 0.25) is 0 Å². The maximum atomic E-state index is 5.03. The first-order chi connectivity index (χ1) is 5.47. The van der Waals surface area contributed by atoms with Gasteiger partial charge in [0, 0.05) is 0 Å². The van der Waals surface area contributed by atoms with Gasteiger partial charge in [-0.25, -0.2) is 0 Å². The molecule has 1 heterocycles. The van der Waals surface area contributed by atoms with Gasteiger partial charge in [-0.1, -0.05) is 0 Å². The van der Waals surface area contributed by atoms with E-state index >= 15 is 0 Å². The monoisotopic (exact) mass is 209 g/mol. The first-order valence-electron chi connectivity index (χ1n) is 3.26. The van der Waals surface area contributed by atoms with E-state index in [2.05, 4.69) is 0 Å². The fourth-order valence-electron chi connectivity index (χ4n) is 0.891. The normalized spacial score (nSPS) is 17.1. The van der Waals surface area contributed by atoms with Gasteiger partial charge in [-0.15, -0.1) is 0 Å². The minimum absolute atomic E-state index is 0.235. The molecular formula is C8H6AsO2. The standard InChI is InChI=1S/C8H6AsO2/c1-2-4-8-7(3-1)5-6-9-11-10-8/h1-6H. The van der Waals surface area contributed by atoms with Crippen molar-refractivity contribution in [3.8, 4) is 5.75 Å². The molecule has 0 fully saturated rings. The zero-order valence-corrected chi connectivity index (χ0v) is 7.60. The van der Waals surface area contributed by atoms with Gasteiger partial charge in [0.25, 0.3) is 0 Å². The van der Waals surface area contributed by atoms with E-state index in [9.17, 15) is 0 Å². The first kappa shape index (κ1) is 6.96. The number of para-hydroxylation sites is 1. The summed E-state index contributed by atoms with van der Waals surface area (Å²) in [5.74, 6) is 0.802. The molecule has 11 heavy (non-hydrogen) atoms. The van der Waals surface area contributed by atoms with E-state index in [1.54, 1.807) is 0 Å². The summed E-state index contributed by atoms with van der Waals surface area (Å²) >= 11 is -0.235. The molecule has 0 amide bonds. The summed E-state index contributed by atoms with van der Waals surface area (Å²) in [5, 5.41) is 0. The van der Waals surface area contributed by atoms with Gasteiger partial charge in [-0.2, -0.15) is 0 Å². The van der Waals surface area contributed by atoms with Gasteiger partial charge in [0.05, 0.1) is 0 Å². The minimum atomic E-state index is -0.235. The number of benzene rings is 1. The molecule has 0 atom stereocenters. The molecule has 55 valence electrons. The van der Waals surface area contributed by atoms with Crippen LogP contribution in [0.5, 0.6) is 5.75 Å². The van der Waals surface area contributed by atoms with Crippen molar-refractivity contribution in [2.24, 2.45) is 0 Å². The van der Waals surface area contributed by atoms with Crippen LogP contribution in [0, 0.1) is 0 Å². The van der Waals surface area contributed by atoms with Crippen LogP contribution >= 0.6 is 0 Å². The molecule has 1 aliphatic rings. The molecule has 0 aromatic heterocycles. The second kappa shape index (κ2) is 3.12. The van der Waals surface area contributed by atoms with Crippen LogP contribution in [-0.4, -0.2) is 16.1 Å². The van der Waals surface area contributed by atoms with E-state index in [0.717, 1.165) is 11.3 Å². The Morgan fingerprint density at radius 3 is 3.09 bits per heavy atom. The summed E-state index contributed by atoms with van der Waals surface area (Å²) in [7, 11) is 0. The fraction of sp³-hybridized carbons (Fsp3) is 0. The van der Waals surface area contributed by atoms with Gasteiger partial charge in [0.15, 0.2) is 0 Å². The summed E-state index contributed by atoms with van der Waals surface area (Å²) in [6.45, 7) is 0. The first-order valence-corrected chi connectivity index (χ1v) is 5.11. The Labute approximate surface area is 71.8 Å². The Bertz CT molecular complexity index is 283. The molecule has 1 aromatic rings. The molecular weight excluding hydrogens is 203 g/mol. The molecule has 0 saturated carbocycles. The van der Waals surface area contributed by atoms with Gasteiger partial charge in [-0.05, 0) is 0 Å². The van der Waals surface area contributed by atoms with Crippen molar-refractivity contribution in [1.82, 2.24) is 0 Å². The molecule has 0 bridgehead atoms. The second-order valence-electron chi connectivity index (χ2n) is 2.12. The Hall–Kier alpha value is -0.722. The summed E-state index contributed by atoms with van der Waals surface area (Å²) in [5.41, 5.74) is 1.08. The topological polar surface area (TPSA) is 18.5 Å². The number of fused-ring (bicyclic) bond motifs is 1. The molecule has 2 rings (SSSR count). The number of hydrogen-bond acceptors (Lipinski definition) is 2. The molecule has 1 aromatic carbocycles. The summed E-state index contributed by atoms with van der Waals surface area (Å²) < 4.78 is 4.93. The number of hydrogen-bond donors (Lipinski definition) is 0. The second-order valence-corrected chi connectivity index (χ2v) is 3.50. The van der Waals surface area contributed by atoms with Crippen LogP contribution in [-0.2, 0) is 3.88 Å². The van der Waals surface area contributed by atoms with Crippen molar-refractivity contribution in [3.63, 3.8) is 0 Å². The SMILES string of the molecule is C1=Cc2ccccc2OO[As]1. The molecule has 0 saturated heterocycles. The van der Waals surface area contributed by atoms with Crippen LogP contribution in [0.3, 0.4) is 0 Å². The summed E-state index contributed by atoms with van der Waals surface area (Å²) in [4.78, 5) is 7.04. The van der Waals surface area contributed by atoms with Gasteiger partial charge >= 0.3 is 71.4 Å². The van der Waals surface area contributed by atoms with E-state index < -0.39 is 0 Å². The Morgan fingerprint density at radius 2 is 2.09 bits per heavy atom. The van der Waals surface area contributed by atoms with Crippen molar-refractivity contribution in [1.29, 1.82) is 0 Å². The van der Waals surface area contributed by atoms with Crippen LogP contribution in [0.15, 0.2) is 29.1 Å². The third-order valence-corrected chi connectivity index (χ3v) is 2.31. The maximum absolute atomic E-state index is 5.03. The third-order valence-electron chi connectivity index (χ3n) is 1.40. The summed E-state index contributed by atoms with van der Waals surface area (Å²) in [6.07, 6.45) is 2.03. The van der Waals surface area contributed by atoms with Crippen LogP contribution in [0.4, 0.5) is 0 Å². The van der Waals surface area contributed by atoms with Crippen molar-refractivity contribution >= 4 is 22.2 Å². The molecule has 0 spiro atoms. The van der Waals surface area contributed by atoms with E-state index in [1.165, 1.54) is 0 Å². The van der Waals surface area contributed by atoms with E-state index in [0.29, 0.717) is 0 Å². The van der Waals surface area contributed by atoms with Crippen molar-refractivity contribution in [2.45, 2.75) is 0 Å². The van der Waals surface area contributed by atoms with Gasteiger partial charge in [-0.3, -0.25) is 0 Å². The molecule has 0 aliphatic carbocycles. The van der Waals surface area contributed by atoms with Gasteiger partial charge in [0.2, 0.25) is 0 Å². The quantitative estimate of drug-likeness (QED) is 0.477. The van der Waals surface area contributed by atoms with Crippen molar-refractivity contribution < 1.29 is 8.76 Å². The molecule has 1 radical (unpaired) electrons. The third kappa shape index (κ3) is 1.47. The molecule has 0 N–H and O–H groups in total. The van der Waals surface area contributed by atoms with Gasteiger partial charge < -0.3 is 0 Å². The van der Waals surface area contributed by atoms with E-state index in [1.807, 2.05) is 35.2 Å². The fourth-order valence-corrected chi connectivity index (χ4v) is 1.72.